The quantitative estimate of drug-likeness (QED) is 0.697. The van der Waals surface area contributed by atoms with Crippen molar-refractivity contribution in [2.24, 2.45) is 5.73 Å². The molecular weight excluding hydrogens is 220 g/mol. The third kappa shape index (κ3) is 3.54. The summed E-state index contributed by atoms with van der Waals surface area (Å²) in [5.41, 5.74) is 6.65. The van der Waals surface area contributed by atoms with Crippen LogP contribution < -0.4 is 11.1 Å². The van der Waals surface area contributed by atoms with Crippen molar-refractivity contribution in [3.8, 4) is 0 Å². The van der Waals surface area contributed by atoms with Crippen LogP contribution in [0.4, 0.5) is 0 Å². The van der Waals surface area contributed by atoms with Gasteiger partial charge in [0.15, 0.2) is 0 Å². The van der Waals surface area contributed by atoms with E-state index in [4.69, 9.17) is 10.5 Å². The Labute approximate surface area is 101 Å². The van der Waals surface area contributed by atoms with Crippen molar-refractivity contribution in [3.05, 3.63) is 18.2 Å². The third-order valence-corrected chi connectivity index (χ3v) is 2.56. The molecule has 1 amide bonds. The Hall–Kier alpha value is -1.40. The van der Waals surface area contributed by atoms with Crippen molar-refractivity contribution < 1.29 is 9.53 Å². The number of nitrogens with one attached hydrogen (secondary N) is 1. The molecule has 17 heavy (non-hydrogen) atoms. The average Bonchev–Trinajstić information content (AvgIpc) is 2.77. The van der Waals surface area contributed by atoms with E-state index in [0.29, 0.717) is 13.2 Å². The summed E-state index contributed by atoms with van der Waals surface area (Å²) >= 11 is 0. The Morgan fingerprint density at radius 1 is 1.65 bits per heavy atom. The molecule has 0 fully saturated rings. The number of hydrogen-bond acceptors (Lipinski definition) is 4. The van der Waals surface area contributed by atoms with E-state index in [1.54, 1.807) is 24.2 Å². The van der Waals surface area contributed by atoms with Gasteiger partial charge in [-0.15, -0.1) is 0 Å². The number of nitrogens with zero attached hydrogens (tertiary/aromatic N) is 2. The first-order valence-corrected chi connectivity index (χ1v) is 5.62. The zero-order valence-electron chi connectivity index (χ0n) is 10.5. The van der Waals surface area contributed by atoms with Crippen LogP contribution in [-0.4, -0.2) is 35.7 Å². The van der Waals surface area contributed by atoms with E-state index in [2.05, 4.69) is 10.3 Å². The normalized spacial score (nSPS) is 14.4. The zero-order valence-corrected chi connectivity index (χ0v) is 10.5. The van der Waals surface area contributed by atoms with Gasteiger partial charge >= 0.3 is 0 Å². The van der Waals surface area contributed by atoms with E-state index in [9.17, 15) is 4.79 Å². The standard InChI is InChI=1S/C11H20N4O2/c1-8(12)10-6-13-7-15(10)9(2)11(16)14-4-5-17-3/h6-9H,4-5,12H2,1-3H3,(H,14,16)/t8-,9?/m1/s1. The molecule has 96 valence electrons. The summed E-state index contributed by atoms with van der Waals surface area (Å²) in [5, 5.41) is 2.78. The molecule has 0 bridgehead atoms. The van der Waals surface area contributed by atoms with E-state index >= 15 is 0 Å². The highest BCUT2D eigenvalue weighted by molar-refractivity contribution is 5.79. The van der Waals surface area contributed by atoms with Gasteiger partial charge < -0.3 is 20.4 Å². The average molecular weight is 240 g/mol. The van der Waals surface area contributed by atoms with E-state index in [1.165, 1.54) is 0 Å². The Balaban J connectivity index is 2.65. The van der Waals surface area contributed by atoms with Gasteiger partial charge in [-0.2, -0.15) is 0 Å². The van der Waals surface area contributed by atoms with Crippen LogP contribution in [-0.2, 0) is 9.53 Å². The second kappa shape index (κ2) is 6.36. The lowest BCUT2D eigenvalue weighted by molar-refractivity contribution is -0.124. The van der Waals surface area contributed by atoms with Gasteiger partial charge in [0, 0.05) is 25.9 Å². The number of nitrogens with two attached hydrogens (primary N) is 1. The Bertz CT molecular complexity index is 362. The number of carbonyl (C=O) groups is 1. The minimum absolute atomic E-state index is 0.0676. The summed E-state index contributed by atoms with van der Waals surface area (Å²) < 4.78 is 6.66. The van der Waals surface area contributed by atoms with E-state index in [1.807, 2.05) is 13.8 Å². The molecule has 0 aliphatic carbocycles. The Kier molecular flexibility index (Phi) is 5.11. The van der Waals surface area contributed by atoms with Crippen LogP contribution in [0.2, 0.25) is 0 Å². The molecule has 0 aliphatic heterocycles. The van der Waals surface area contributed by atoms with Gasteiger partial charge in [0.2, 0.25) is 5.91 Å². The lowest BCUT2D eigenvalue weighted by Crippen LogP contribution is -2.34. The van der Waals surface area contributed by atoms with Crippen LogP contribution in [0, 0.1) is 0 Å². The summed E-state index contributed by atoms with van der Waals surface area (Å²) in [6.07, 6.45) is 3.31. The topological polar surface area (TPSA) is 82.2 Å². The van der Waals surface area contributed by atoms with Crippen molar-refractivity contribution in [2.45, 2.75) is 25.9 Å². The lowest BCUT2D eigenvalue weighted by Gasteiger charge is -2.17. The fourth-order valence-electron chi connectivity index (χ4n) is 1.54. The largest absolute Gasteiger partial charge is 0.383 e. The first kappa shape index (κ1) is 13.7. The molecule has 1 aromatic rings. The molecule has 3 N–H and O–H groups in total. The highest BCUT2D eigenvalue weighted by Crippen LogP contribution is 2.15. The fourth-order valence-corrected chi connectivity index (χ4v) is 1.54. The molecule has 6 nitrogen and oxygen atoms in total. The second-order valence-electron chi connectivity index (χ2n) is 3.97. The molecule has 0 saturated heterocycles. The lowest BCUT2D eigenvalue weighted by atomic mass is 10.2. The van der Waals surface area contributed by atoms with Crippen molar-refractivity contribution in [3.63, 3.8) is 0 Å². The van der Waals surface area contributed by atoms with Gasteiger partial charge in [-0.05, 0) is 13.8 Å². The number of ether oxygens (including phenoxy) is 1. The highest BCUT2D eigenvalue weighted by Gasteiger charge is 2.18. The van der Waals surface area contributed by atoms with E-state index in [0.717, 1.165) is 5.69 Å². The molecule has 0 saturated carbocycles. The van der Waals surface area contributed by atoms with Crippen LogP contribution in [0.3, 0.4) is 0 Å². The zero-order chi connectivity index (χ0) is 12.8. The van der Waals surface area contributed by atoms with E-state index in [-0.39, 0.29) is 18.0 Å². The van der Waals surface area contributed by atoms with Gasteiger partial charge in [0.05, 0.1) is 18.6 Å². The summed E-state index contributed by atoms with van der Waals surface area (Å²) in [5.74, 6) is -0.0676. The molecule has 1 heterocycles. The molecular formula is C11H20N4O2. The minimum atomic E-state index is -0.324. The Morgan fingerprint density at radius 2 is 2.35 bits per heavy atom. The molecule has 6 heteroatoms. The SMILES string of the molecule is COCCNC(=O)C(C)n1cncc1[C@@H](C)N. The summed E-state index contributed by atoms with van der Waals surface area (Å²) in [4.78, 5) is 15.9. The van der Waals surface area contributed by atoms with Gasteiger partial charge in [-0.25, -0.2) is 4.98 Å². The molecule has 0 radical (unpaired) electrons. The molecule has 1 aromatic heterocycles. The van der Waals surface area contributed by atoms with Gasteiger partial charge in [0.25, 0.3) is 0 Å². The first-order chi connectivity index (χ1) is 8.07. The third-order valence-electron chi connectivity index (χ3n) is 2.56. The van der Waals surface area contributed by atoms with Crippen LogP contribution in [0.1, 0.15) is 31.6 Å². The number of aromatic nitrogens is 2. The van der Waals surface area contributed by atoms with Crippen molar-refractivity contribution in [1.29, 1.82) is 0 Å². The molecule has 1 rings (SSSR count). The molecule has 1 unspecified atom stereocenters. The maximum absolute atomic E-state index is 11.8. The predicted octanol–water partition coefficient (Wildman–Crippen LogP) is 0.226. The first-order valence-electron chi connectivity index (χ1n) is 5.62. The number of carbonyl (C=O) groups excluding carboxylic acids is 1. The monoisotopic (exact) mass is 240 g/mol. The second-order valence-corrected chi connectivity index (χ2v) is 3.97. The van der Waals surface area contributed by atoms with Crippen LogP contribution in [0.5, 0.6) is 0 Å². The summed E-state index contributed by atoms with van der Waals surface area (Å²) in [6.45, 7) is 4.68. The van der Waals surface area contributed by atoms with Crippen LogP contribution in [0.15, 0.2) is 12.5 Å². The minimum Gasteiger partial charge on any atom is -0.383 e. The van der Waals surface area contributed by atoms with Crippen molar-refractivity contribution in [2.75, 3.05) is 20.3 Å². The number of imidazole rings is 1. The summed E-state index contributed by atoms with van der Waals surface area (Å²) in [6, 6.07) is -0.470. The number of amides is 1. The van der Waals surface area contributed by atoms with Gasteiger partial charge in [-0.3, -0.25) is 4.79 Å². The number of hydrogen-bond donors (Lipinski definition) is 2. The van der Waals surface area contributed by atoms with Crippen molar-refractivity contribution >= 4 is 5.91 Å². The molecule has 0 aromatic carbocycles. The fraction of sp³-hybridized carbons (Fsp3) is 0.636. The maximum Gasteiger partial charge on any atom is 0.242 e. The Morgan fingerprint density at radius 3 is 2.94 bits per heavy atom. The van der Waals surface area contributed by atoms with Crippen LogP contribution >= 0.6 is 0 Å². The van der Waals surface area contributed by atoms with Crippen LogP contribution in [0.25, 0.3) is 0 Å². The smallest absolute Gasteiger partial charge is 0.242 e. The molecule has 2 atom stereocenters. The van der Waals surface area contributed by atoms with Gasteiger partial charge in [-0.1, -0.05) is 0 Å². The number of rotatable bonds is 6. The number of methoxy groups -OCH3 is 1. The molecule has 0 aliphatic rings. The van der Waals surface area contributed by atoms with Crippen molar-refractivity contribution in [1.82, 2.24) is 14.9 Å². The van der Waals surface area contributed by atoms with E-state index < -0.39 is 0 Å². The molecule has 0 spiro atoms. The van der Waals surface area contributed by atoms with Gasteiger partial charge in [0.1, 0.15) is 6.04 Å². The highest BCUT2D eigenvalue weighted by atomic mass is 16.5. The summed E-state index contributed by atoms with van der Waals surface area (Å²) in [7, 11) is 1.60. The predicted molar refractivity (Wildman–Crippen MR) is 64.4 cm³/mol. The maximum atomic E-state index is 11.8.